The lowest BCUT2D eigenvalue weighted by atomic mass is 9.53. The third-order valence-electron chi connectivity index (χ3n) is 6.43. The number of rotatable bonds is 3. The van der Waals surface area contributed by atoms with Crippen molar-refractivity contribution in [2.24, 2.45) is 17.8 Å². The standard InChI is InChI=1S/C20H25NS/c1-13(19-9-17-4-2-3-5-18(17)22-19)21-20-10-14-6-15(11-20)8-16(7-14)12-20/h2-5,9,13-16,21H,6-8,10-12H2,1H3. The Morgan fingerprint density at radius 2 is 1.68 bits per heavy atom. The lowest BCUT2D eigenvalue weighted by molar-refractivity contribution is -0.0243. The van der Waals surface area contributed by atoms with Gasteiger partial charge in [0.25, 0.3) is 0 Å². The van der Waals surface area contributed by atoms with E-state index in [9.17, 15) is 0 Å². The average molecular weight is 311 g/mol. The predicted octanol–water partition coefficient (Wildman–Crippen LogP) is 5.52. The fourth-order valence-corrected chi connectivity index (χ4v) is 7.10. The van der Waals surface area contributed by atoms with Crippen LogP contribution in [0.2, 0.25) is 0 Å². The molecule has 1 atom stereocenters. The number of fused-ring (bicyclic) bond motifs is 1. The molecule has 4 aliphatic rings. The molecule has 4 saturated carbocycles. The second-order valence-corrected chi connectivity index (χ2v) is 9.37. The first-order valence-electron chi connectivity index (χ1n) is 8.95. The molecule has 0 aliphatic heterocycles. The van der Waals surface area contributed by atoms with Gasteiger partial charge < -0.3 is 5.32 Å². The Morgan fingerprint density at radius 1 is 1.05 bits per heavy atom. The Labute approximate surface area is 137 Å². The zero-order valence-electron chi connectivity index (χ0n) is 13.3. The van der Waals surface area contributed by atoms with Crippen molar-refractivity contribution < 1.29 is 0 Å². The van der Waals surface area contributed by atoms with Gasteiger partial charge in [-0.25, -0.2) is 0 Å². The lowest BCUT2D eigenvalue weighted by Crippen LogP contribution is -2.58. The van der Waals surface area contributed by atoms with E-state index in [1.807, 2.05) is 11.3 Å². The Morgan fingerprint density at radius 3 is 2.32 bits per heavy atom. The van der Waals surface area contributed by atoms with Crippen molar-refractivity contribution in [3.63, 3.8) is 0 Å². The molecule has 116 valence electrons. The van der Waals surface area contributed by atoms with E-state index in [4.69, 9.17) is 0 Å². The van der Waals surface area contributed by atoms with Crippen molar-refractivity contribution in [1.82, 2.24) is 5.32 Å². The molecule has 1 unspecified atom stereocenters. The minimum Gasteiger partial charge on any atom is -0.304 e. The monoisotopic (exact) mass is 311 g/mol. The zero-order valence-corrected chi connectivity index (χ0v) is 14.2. The van der Waals surface area contributed by atoms with E-state index in [-0.39, 0.29) is 0 Å². The van der Waals surface area contributed by atoms with Crippen LogP contribution in [-0.4, -0.2) is 5.54 Å². The molecule has 1 nitrogen and oxygen atoms in total. The molecular weight excluding hydrogens is 286 g/mol. The summed E-state index contributed by atoms with van der Waals surface area (Å²) in [5, 5.41) is 5.52. The smallest absolute Gasteiger partial charge is 0.0391 e. The molecule has 4 bridgehead atoms. The van der Waals surface area contributed by atoms with E-state index >= 15 is 0 Å². The summed E-state index contributed by atoms with van der Waals surface area (Å²) in [5.74, 6) is 3.06. The van der Waals surface area contributed by atoms with Gasteiger partial charge in [-0.2, -0.15) is 0 Å². The zero-order chi connectivity index (χ0) is 14.7. The molecule has 1 N–H and O–H groups in total. The first-order chi connectivity index (χ1) is 10.7. The first kappa shape index (κ1) is 13.6. The highest BCUT2D eigenvalue weighted by Crippen LogP contribution is 2.56. The molecule has 0 spiro atoms. The van der Waals surface area contributed by atoms with Crippen LogP contribution in [0.1, 0.15) is 56.4 Å². The van der Waals surface area contributed by atoms with Gasteiger partial charge in [0, 0.05) is 21.2 Å². The summed E-state index contributed by atoms with van der Waals surface area (Å²) < 4.78 is 1.43. The van der Waals surface area contributed by atoms with Gasteiger partial charge in [-0.3, -0.25) is 0 Å². The summed E-state index contributed by atoms with van der Waals surface area (Å²) in [7, 11) is 0. The molecule has 2 heteroatoms. The van der Waals surface area contributed by atoms with Crippen molar-refractivity contribution in [3.05, 3.63) is 35.2 Å². The third kappa shape index (κ3) is 2.15. The highest BCUT2D eigenvalue weighted by atomic mass is 32.1. The molecule has 1 aromatic heterocycles. The molecule has 2 aromatic rings. The lowest BCUT2D eigenvalue weighted by Gasteiger charge is -2.57. The van der Waals surface area contributed by atoms with Crippen LogP contribution in [0.25, 0.3) is 10.1 Å². The number of benzene rings is 1. The van der Waals surface area contributed by atoms with E-state index in [1.54, 1.807) is 0 Å². The van der Waals surface area contributed by atoms with Crippen molar-refractivity contribution in [3.8, 4) is 0 Å². The van der Waals surface area contributed by atoms with Gasteiger partial charge in [-0.15, -0.1) is 11.3 Å². The van der Waals surface area contributed by atoms with Crippen LogP contribution >= 0.6 is 11.3 Å². The maximum absolute atomic E-state index is 4.11. The Bertz CT molecular complexity index is 632. The highest BCUT2D eigenvalue weighted by Gasteiger charge is 2.51. The second kappa shape index (κ2) is 4.82. The number of nitrogens with one attached hydrogen (secondary N) is 1. The summed E-state index contributed by atoms with van der Waals surface area (Å²) in [6, 6.07) is 11.7. The molecule has 0 saturated heterocycles. The molecular formula is C20H25NS. The van der Waals surface area contributed by atoms with Crippen molar-refractivity contribution in [1.29, 1.82) is 0 Å². The van der Waals surface area contributed by atoms with E-state index in [2.05, 4.69) is 42.6 Å². The van der Waals surface area contributed by atoms with E-state index < -0.39 is 0 Å². The Hall–Kier alpha value is -0.860. The summed E-state index contributed by atoms with van der Waals surface area (Å²) >= 11 is 1.97. The van der Waals surface area contributed by atoms with Crippen molar-refractivity contribution in [2.45, 2.75) is 57.0 Å². The van der Waals surface area contributed by atoms with E-state index in [1.165, 1.54) is 53.5 Å². The molecule has 6 rings (SSSR count). The van der Waals surface area contributed by atoms with Crippen LogP contribution in [0.5, 0.6) is 0 Å². The molecule has 1 aromatic carbocycles. The molecule has 4 aliphatic carbocycles. The van der Waals surface area contributed by atoms with Crippen LogP contribution in [0.15, 0.2) is 30.3 Å². The summed E-state index contributed by atoms with van der Waals surface area (Å²) in [5.41, 5.74) is 0.463. The van der Waals surface area contributed by atoms with Crippen LogP contribution in [0, 0.1) is 17.8 Å². The quantitative estimate of drug-likeness (QED) is 0.787. The van der Waals surface area contributed by atoms with Gasteiger partial charge in [0.2, 0.25) is 0 Å². The Balaban J connectivity index is 1.41. The van der Waals surface area contributed by atoms with Crippen LogP contribution < -0.4 is 5.32 Å². The van der Waals surface area contributed by atoms with Gasteiger partial charge >= 0.3 is 0 Å². The summed E-state index contributed by atoms with van der Waals surface area (Å²) in [6.07, 6.45) is 8.89. The second-order valence-electron chi connectivity index (χ2n) is 8.25. The first-order valence-corrected chi connectivity index (χ1v) is 9.77. The van der Waals surface area contributed by atoms with E-state index in [0.717, 1.165) is 17.8 Å². The fraction of sp³-hybridized carbons (Fsp3) is 0.600. The number of hydrogen-bond donors (Lipinski definition) is 1. The van der Waals surface area contributed by atoms with Gasteiger partial charge in [-0.1, -0.05) is 18.2 Å². The van der Waals surface area contributed by atoms with Gasteiger partial charge in [0.05, 0.1) is 0 Å². The maximum Gasteiger partial charge on any atom is 0.0391 e. The molecule has 22 heavy (non-hydrogen) atoms. The van der Waals surface area contributed by atoms with Crippen LogP contribution in [0.3, 0.4) is 0 Å². The number of hydrogen-bond acceptors (Lipinski definition) is 2. The molecule has 0 radical (unpaired) electrons. The van der Waals surface area contributed by atoms with E-state index in [0.29, 0.717) is 11.6 Å². The minimum absolute atomic E-state index is 0.463. The number of thiophene rings is 1. The molecule has 0 amide bonds. The van der Waals surface area contributed by atoms with Gasteiger partial charge in [-0.05, 0) is 80.7 Å². The molecule has 1 heterocycles. The fourth-order valence-electron chi connectivity index (χ4n) is 6.03. The summed E-state index contributed by atoms with van der Waals surface area (Å²) in [6.45, 7) is 2.38. The molecule has 4 fully saturated rings. The highest BCUT2D eigenvalue weighted by molar-refractivity contribution is 7.19. The van der Waals surface area contributed by atoms with Crippen LogP contribution in [-0.2, 0) is 0 Å². The Kier molecular flexibility index (Phi) is 2.97. The van der Waals surface area contributed by atoms with Crippen LogP contribution in [0.4, 0.5) is 0 Å². The summed E-state index contributed by atoms with van der Waals surface area (Å²) in [4.78, 5) is 1.51. The van der Waals surface area contributed by atoms with Gasteiger partial charge in [0.1, 0.15) is 0 Å². The maximum atomic E-state index is 4.11. The third-order valence-corrected chi connectivity index (χ3v) is 7.73. The topological polar surface area (TPSA) is 12.0 Å². The average Bonchev–Trinajstić information content (AvgIpc) is 2.89. The SMILES string of the molecule is CC(NC12CC3CC(CC(C3)C1)C2)c1cc2ccccc2s1. The minimum atomic E-state index is 0.463. The predicted molar refractivity (Wildman–Crippen MR) is 94.3 cm³/mol. The largest absolute Gasteiger partial charge is 0.304 e. The van der Waals surface area contributed by atoms with Crippen molar-refractivity contribution in [2.75, 3.05) is 0 Å². The van der Waals surface area contributed by atoms with Gasteiger partial charge in [0.15, 0.2) is 0 Å². The normalized spacial score (nSPS) is 37.8. The van der Waals surface area contributed by atoms with Crippen molar-refractivity contribution >= 4 is 21.4 Å².